The molecule has 1 amide bonds. The summed E-state index contributed by atoms with van der Waals surface area (Å²) in [5, 5.41) is 7.91. The average Bonchev–Trinajstić information content (AvgIpc) is 3.17. The Morgan fingerprint density at radius 2 is 2.00 bits per heavy atom. The monoisotopic (exact) mass is 433 g/mol. The first-order valence-electron chi connectivity index (χ1n) is 7.80. The van der Waals surface area contributed by atoms with Crippen LogP contribution < -0.4 is 5.73 Å². The van der Waals surface area contributed by atoms with Crippen molar-refractivity contribution in [1.29, 1.82) is 0 Å². The quantitative estimate of drug-likeness (QED) is 0.663. The summed E-state index contributed by atoms with van der Waals surface area (Å²) in [7, 11) is 0. The molecule has 0 fully saturated rings. The Labute approximate surface area is 162 Å². The SMILES string of the molecule is Nc1nc(-n2nccn2)c(Cl)nc1C(=O)N1CCc2cccc(Br)c2C1. The highest BCUT2D eigenvalue weighted by atomic mass is 79.9. The molecule has 26 heavy (non-hydrogen) atoms. The highest BCUT2D eigenvalue weighted by molar-refractivity contribution is 9.10. The first kappa shape index (κ1) is 16.9. The third kappa shape index (κ3) is 2.93. The fraction of sp³-hybridized carbons (Fsp3) is 0.188. The summed E-state index contributed by atoms with van der Waals surface area (Å²) in [6.45, 7) is 1.04. The molecule has 0 saturated heterocycles. The zero-order valence-electron chi connectivity index (χ0n) is 13.4. The van der Waals surface area contributed by atoms with Crippen molar-refractivity contribution in [3.63, 3.8) is 0 Å². The van der Waals surface area contributed by atoms with E-state index in [0.717, 1.165) is 16.5 Å². The Balaban J connectivity index is 1.65. The van der Waals surface area contributed by atoms with Crippen molar-refractivity contribution < 1.29 is 4.79 Å². The molecule has 1 aromatic carbocycles. The van der Waals surface area contributed by atoms with E-state index < -0.39 is 0 Å². The molecule has 2 N–H and O–H groups in total. The molecule has 3 aromatic rings. The predicted octanol–water partition coefficient (Wildman–Crippen LogP) is 2.25. The van der Waals surface area contributed by atoms with Gasteiger partial charge in [0.25, 0.3) is 5.91 Å². The molecule has 10 heteroatoms. The highest BCUT2D eigenvalue weighted by Crippen LogP contribution is 2.28. The Kier molecular flexibility index (Phi) is 4.33. The van der Waals surface area contributed by atoms with Gasteiger partial charge in [-0.05, 0) is 23.6 Å². The topological polar surface area (TPSA) is 103 Å². The third-order valence-corrected chi connectivity index (χ3v) is 5.17. The summed E-state index contributed by atoms with van der Waals surface area (Å²) in [6.07, 6.45) is 3.73. The molecule has 132 valence electrons. The van der Waals surface area contributed by atoms with Crippen LogP contribution in [-0.4, -0.2) is 42.3 Å². The molecule has 0 atom stereocenters. The third-order valence-electron chi connectivity index (χ3n) is 4.18. The van der Waals surface area contributed by atoms with Gasteiger partial charge in [-0.1, -0.05) is 39.7 Å². The summed E-state index contributed by atoms with van der Waals surface area (Å²) < 4.78 is 0.977. The lowest BCUT2D eigenvalue weighted by Crippen LogP contribution is -2.37. The lowest BCUT2D eigenvalue weighted by Gasteiger charge is -2.29. The summed E-state index contributed by atoms with van der Waals surface area (Å²) in [6, 6.07) is 6.02. The molecule has 8 nitrogen and oxygen atoms in total. The fourth-order valence-electron chi connectivity index (χ4n) is 2.89. The number of fused-ring (bicyclic) bond motifs is 1. The minimum Gasteiger partial charge on any atom is -0.382 e. The molecule has 0 aliphatic carbocycles. The highest BCUT2D eigenvalue weighted by Gasteiger charge is 2.27. The van der Waals surface area contributed by atoms with Gasteiger partial charge >= 0.3 is 0 Å². The van der Waals surface area contributed by atoms with Crippen LogP contribution in [0.4, 0.5) is 5.82 Å². The Bertz CT molecular complexity index is 993. The number of halogens is 2. The number of aromatic nitrogens is 5. The second-order valence-electron chi connectivity index (χ2n) is 5.74. The number of benzene rings is 1. The number of nitrogens with zero attached hydrogens (tertiary/aromatic N) is 6. The van der Waals surface area contributed by atoms with Crippen molar-refractivity contribution in [1.82, 2.24) is 29.9 Å². The summed E-state index contributed by atoms with van der Waals surface area (Å²) in [5.41, 5.74) is 8.31. The van der Waals surface area contributed by atoms with Crippen LogP contribution >= 0.6 is 27.5 Å². The van der Waals surface area contributed by atoms with Crippen molar-refractivity contribution in [2.24, 2.45) is 0 Å². The van der Waals surface area contributed by atoms with E-state index in [-0.39, 0.29) is 28.4 Å². The molecular formula is C16H13BrClN7O. The number of hydrogen-bond acceptors (Lipinski definition) is 6. The number of anilines is 1. The number of hydrogen-bond donors (Lipinski definition) is 1. The van der Waals surface area contributed by atoms with E-state index >= 15 is 0 Å². The van der Waals surface area contributed by atoms with E-state index in [2.05, 4.69) is 42.2 Å². The van der Waals surface area contributed by atoms with Crippen LogP contribution in [0, 0.1) is 0 Å². The maximum atomic E-state index is 12.9. The average molecular weight is 435 g/mol. The summed E-state index contributed by atoms with van der Waals surface area (Å²) in [5.74, 6) is -0.139. The lowest BCUT2D eigenvalue weighted by molar-refractivity contribution is 0.0729. The van der Waals surface area contributed by atoms with Crippen LogP contribution in [0.25, 0.3) is 5.82 Å². The van der Waals surface area contributed by atoms with Gasteiger partial charge < -0.3 is 10.6 Å². The fourth-order valence-corrected chi connectivity index (χ4v) is 3.63. The van der Waals surface area contributed by atoms with Gasteiger partial charge in [-0.15, -0.1) is 4.80 Å². The van der Waals surface area contributed by atoms with Gasteiger partial charge in [0.2, 0.25) is 5.82 Å². The van der Waals surface area contributed by atoms with Crippen molar-refractivity contribution in [3.8, 4) is 5.82 Å². The molecule has 3 heterocycles. The van der Waals surface area contributed by atoms with Crippen molar-refractivity contribution in [3.05, 3.63) is 57.0 Å². The molecule has 0 spiro atoms. The molecule has 0 saturated carbocycles. The van der Waals surface area contributed by atoms with Gasteiger partial charge in [0.05, 0.1) is 12.4 Å². The van der Waals surface area contributed by atoms with Crippen LogP contribution in [-0.2, 0) is 13.0 Å². The van der Waals surface area contributed by atoms with Crippen molar-refractivity contribution >= 4 is 39.3 Å². The van der Waals surface area contributed by atoms with Crippen molar-refractivity contribution in [2.75, 3.05) is 12.3 Å². The normalized spacial score (nSPS) is 13.5. The summed E-state index contributed by atoms with van der Waals surface area (Å²) in [4.78, 5) is 24.1. The maximum absolute atomic E-state index is 12.9. The molecular weight excluding hydrogens is 422 g/mol. The standard InChI is InChI=1S/C16H13BrClN7O/c17-11-3-1-2-9-4-7-24(8-10(9)11)16(26)12-14(19)23-15(13(18)22-12)25-20-5-6-21-25/h1-3,5-6H,4,7-8H2,(H2,19,23). The number of amides is 1. The first-order valence-corrected chi connectivity index (χ1v) is 8.97. The zero-order valence-corrected chi connectivity index (χ0v) is 15.8. The second-order valence-corrected chi connectivity index (χ2v) is 6.96. The van der Waals surface area contributed by atoms with Crippen LogP contribution in [0.15, 0.2) is 35.1 Å². The van der Waals surface area contributed by atoms with E-state index in [9.17, 15) is 4.79 Å². The molecule has 0 radical (unpaired) electrons. The van der Waals surface area contributed by atoms with Crippen LogP contribution in [0.2, 0.25) is 5.15 Å². The minimum atomic E-state index is -0.307. The number of carbonyl (C=O) groups is 1. The van der Waals surface area contributed by atoms with E-state index in [1.165, 1.54) is 22.8 Å². The van der Waals surface area contributed by atoms with Crippen LogP contribution in [0.5, 0.6) is 0 Å². The van der Waals surface area contributed by atoms with Crippen LogP contribution in [0.1, 0.15) is 21.6 Å². The van der Waals surface area contributed by atoms with Gasteiger partial charge in [0, 0.05) is 17.6 Å². The van der Waals surface area contributed by atoms with Gasteiger partial charge in [-0.2, -0.15) is 10.2 Å². The molecule has 2 aromatic heterocycles. The number of nitrogens with two attached hydrogens (primary N) is 1. The largest absolute Gasteiger partial charge is 0.382 e. The van der Waals surface area contributed by atoms with Crippen LogP contribution in [0.3, 0.4) is 0 Å². The van der Waals surface area contributed by atoms with E-state index in [1.54, 1.807) is 4.90 Å². The first-order chi connectivity index (χ1) is 12.5. The number of carbonyl (C=O) groups excluding carboxylic acids is 1. The second kappa shape index (κ2) is 6.65. The lowest BCUT2D eigenvalue weighted by atomic mass is 9.99. The van der Waals surface area contributed by atoms with Gasteiger partial charge in [-0.25, -0.2) is 9.97 Å². The Morgan fingerprint density at radius 1 is 1.23 bits per heavy atom. The number of rotatable bonds is 2. The molecule has 4 rings (SSSR count). The van der Waals surface area contributed by atoms with Gasteiger partial charge in [0.1, 0.15) is 0 Å². The molecule has 1 aliphatic heterocycles. The number of nitrogen functional groups attached to an aromatic ring is 1. The molecule has 0 bridgehead atoms. The maximum Gasteiger partial charge on any atom is 0.276 e. The van der Waals surface area contributed by atoms with E-state index in [4.69, 9.17) is 17.3 Å². The Morgan fingerprint density at radius 3 is 2.77 bits per heavy atom. The smallest absolute Gasteiger partial charge is 0.276 e. The van der Waals surface area contributed by atoms with E-state index in [1.807, 2.05) is 12.1 Å². The predicted molar refractivity (Wildman–Crippen MR) is 99.0 cm³/mol. The molecule has 0 unspecified atom stereocenters. The Hall–Kier alpha value is -2.52. The minimum absolute atomic E-state index is 0.00961. The van der Waals surface area contributed by atoms with Gasteiger partial charge in [-0.3, -0.25) is 4.79 Å². The van der Waals surface area contributed by atoms with Gasteiger partial charge in [0.15, 0.2) is 16.7 Å². The summed E-state index contributed by atoms with van der Waals surface area (Å²) >= 11 is 9.72. The zero-order chi connectivity index (χ0) is 18.3. The van der Waals surface area contributed by atoms with E-state index in [0.29, 0.717) is 13.1 Å². The molecule has 1 aliphatic rings. The van der Waals surface area contributed by atoms with Crippen molar-refractivity contribution in [2.45, 2.75) is 13.0 Å².